The van der Waals surface area contributed by atoms with Crippen LogP contribution in [0.4, 0.5) is 0 Å². The van der Waals surface area contributed by atoms with E-state index in [1.54, 1.807) is 0 Å². The summed E-state index contributed by atoms with van der Waals surface area (Å²) in [5.74, 6) is 0. The van der Waals surface area contributed by atoms with Gasteiger partial charge >= 0.3 is 0 Å². The minimum Gasteiger partial charge on any atom is -0.106 e. The maximum atomic E-state index is 3.00. The largest absolute Gasteiger partial charge is 0.106 e. The van der Waals surface area contributed by atoms with Crippen molar-refractivity contribution >= 4 is 47.8 Å². The van der Waals surface area contributed by atoms with Crippen LogP contribution in [0, 0.1) is 0 Å². The van der Waals surface area contributed by atoms with Crippen LogP contribution in [-0.4, -0.2) is 47.8 Å². The molecule has 0 spiro atoms. The fraction of sp³-hybridized carbons (Fsp3) is 0. The van der Waals surface area contributed by atoms with Crippen LogP contribution in [0.2, 0.25) is 0 Å². The van der Waals surface area contributed by atoms with Crippen LogP contribution in [0.3, 0.4) is 0 Å². The Morgan fingerprint density at radius 3 is 0.500 bits per heavy atom. The summed E-state index contributed by atoms with van der Waals surface area (Å²) in [6.07, 6.45) is 0. The van der Waals surface area contributed by atoms with E-state index in [4.69, 9.17) is 0 Å². The molecule has 0 bridgehead atoms. The average molecular weight is 326 g/mol. The minimum atomic E-state index is 0. The third kappa shape index (κ3) is 345. The molecule has 0 unspecified atom stereocenters. The van der Waals surface area contributed by atoms with Crippen molar-refractivity contribution in [2.45, 2.75) is 0 Å². The van der Waals surface area contributed by atoms with Gasteiger partial charge in [-0.1, -0.05) is 0 Å². The van der Waals surface area contributed by atoms with Crippen LogP contribution >= 0.6 is 0 Å². The Balaban J connectivity index is -0.00000000225. The fourth-order valence-electron chi connectivity index (χ4n) is 0. The van der Waals surface area contributed by atoms with Crippen LogP contribution in [-0.2, 0) is 0 Å². The van der Waals surface area contributed by atoms with Crippen LogP contribution in [0.15, 0.2) is 39.5 Å². The Hall–Kier alpha value is 0.817. The van der Waals surface area contributed by atoms with E-state index in [-0.39, 0.29) is 50.7 Å². The molecule has 0 N–H and O–H groups in total. The van der Waals surface area contributed by atoms with E-state index >= 15 is 0 Å². The van der Waals surface area contributed by atoms with Crippen molar-refractivity contribution < 1.29 is 2.85 Å². The summed E-state index contributed by atoms with van der Waals surface area (Å²) in [4.78, 5) is 0. The first-order valence-electron chi connectivity index (χ1n) is 1.50. The molecule has 0 aliphatic carbocycles. The second-order valence-corrected chi connectivity index (χ2v) is 0. The molecule has 0 aliphatic rings. The maximum absolute atomic E-state index is 3.00. The molecule has 0 saturated heterocycles. The van der Waals surface area contributed by atoms with Crippen LogP contribution < -0.4 is 0 Å². The van der Waals surface area contributed by atoms with Crippen molar-refractivity contribution in [1.29, 1.82) is 0 Å². The van der Waals surface area contributed by atoms with E-state index in [9.17, 15) is 0 Å². The molecule has 0 aromatic carbocycles. The van der Waals surface area contributed by atoms with Gasteiger partial charge in [-0.3, -0.25) is 0 Å². The van der Waals surface area contributed by atoms with Gasteiger partial charge in [0.1, 0.15) is 0 Å². The molecule has 0 saturated carbocycles. The van der Waals surface area contributed by atoms with Gasteiger partial charge in [-0.05, 0) is 0 Å². The summed E-state index contributed by atoms with van der Waals surface area (Å²) >= 11 is 0. The first-order chi connectivity index (χ1) is 3.00. The van der Waals surface area contributed by atoms with Crippen molar-refractivity contribution in [2.24, 2.45) is 0 Å². The van der Waals surface area contributed by atoms with Gasteiger partial charge in [0.2, 0.25) is 0 Å². The van der Waals surface area contributed by atoms with Gasteiger partial charge in [0.05, 0.1) is 0 Å². The molecule has 0 rings (SSSR count). The second-order valence-electron chi connectivity index (χ2n) is 0. The van der Waals surface area contributed by atoms with Gasteiger partial charge in [0, 0.05) is 50.7 Å². The molecular weight excluding hydrogens is 309 g/mol. The molecule has 0 aliphatic heterocycles. The summed E-state index contributed by atoms with van der Waals surface area (Å²) in [6.45, 7) is 18.0. The molecule has 0 amide bonds. The number of hydrogen-bond acceptors (Lipinski definition) is 0. The second kappa shape index (κ2) is 544. The molecule has 2 heteroatoms. The van der Waals surface area contributed by atoms with Gasteiger partial charge in [-0.2, -0.15) is 0 Å². The molecule has 0 aromatic rings. The normalized spacial score (nSPS) is 1.50. The Kier molecular flexibility index (Phi) is 2510. The first-order valence-corrected chi connectivity index (χ1v) is 1.50. The molecule has 8 heavy (non-hydrogen) atoms. The van der Waals surface area contributed by atoms with Gasteiger partial charge in [0.15, 0.2) is 0 Å². The average Bonchev–Trinajstić information content (AvgIpc) is 1.81. The van der Waals surface area contributed by atoms with Gasteiger partial charge < -0.3 is 0 Å². The third-order valence-corrected chi connectivity index (χ3v) is 0. The molecule has 0 atom stereocenters. The summed E-state index contributed by atoms with van der Waals surface area (Å²) in [5.41, 5.74) is 0. The summed E-state index contributed by atoms with van der Waals surface area (Å²) in [5, 5.41) is 0. The minimum absolute atomic E-state index is 0. The zero-order valence-corrected chi connectivity index (χ0v) is 11.0. The molecule has 0 fully saturated rings. The Labute approximate surface area is 89.6 Å². The van der Waals surface area contributed by atoms with E-state index in [1.807, 2.05) is 0 Å². The van der Waals surface area contributed by atoms with E-state index in [2.05, 4.69) is 39.5 Å². The zero-order chi connectivity index (χ0) is 6.00. The van der Waals surface area contributed by atoms with Crippen molar-refractivity contribution in [3.63, 3.8) is 0 Å². The number of hydrogen-bond donors (Lipinski definition) is 0. The van der Waals surface area contributed by atoms with E-state index in [0.717, 1.165) is 0 Å². The molecule has 48 valence electrons. The van der Waals surface area contributed by atoms with E-state index < -0.39 is 0 Å². The monoisotopic (exact) mass is 328 g/mol. The number of rotatable bonds is 0. The maximum Gasteiger partial charge on any atom is 0 e. The van der Waals surface area contributed by atoms with Crippen LogP contribution in [0.5, 0.6) is 0 Å². The summed E-state index contributed by atoms with van der Waals surface area (Å²) < 4.78 is 0. The quantitative estimate of drug-likeness (QED) is 0.473. The third-order valence-electron chi connectivity index (χ3n) is 0. The Bertz CT molecular complexity index is 18.5. The van der Waals surface area contributed by atoms with Crippen LogP contribution in [0.1, 0.15) is 2.85 Å². The topological polar surface area (TPSA) is 0 Å². The predicted octanol–water partition coefficient (Wildman–Crippen LogP) is 2.14. The molecule has 0 nitrogen and oxygen atoms in total. The standard InChI is InChI=1S/3C2H4.2Sn.2H2/c3*1-2;;;;/h3*1-2H2;;;2*1H. The van der Waals surface area contributed by atoms with Crippen molar-refractivity contribution in [3.8, 4) is 0 Å². The van der Waals surface area contributed by atoms with Crippen LogP contribution in [0.25, 0.3) is 0 Å². The Morgan fingerprint density at radius 2 is 0.500 bits per heavy atom. The molecular formula is C6H16Sn2. The zero-order valence-electron chi connectivity index (χ0n) is 5.24. The SMILES string of the molecule is C=C.C=C.C=C.[HH].[HH].[Sn].[Sn]. The summed E-state index contributed by atoms with van der Waals surface area (Å²) in [7, 11) is 0. The first kappa shape index (κ1) is 37.0. The summed E-state index contributed by atoms with van der Waals surface area (Å²) in [6, 6.07) is 0. The van der Waals surface area contributed by atoms with E-state index in [1.165, 1.54) is 0 Å². The van der Waals surface area contributed by atoms with Crippen molar-refractivity contribution in [1.82, 2.24) is 0 Å². The molecule has 8 radical (unpaired) electrons. The van der Waals surface area contributed by atoms with E-state index in [0.29, 0.717) is 0 Å². The fourth-order valence-corrected chi connectivity index (χ4v) is 0. The molecule has 0 aromatic heterocycles. The van der Waals surface area contributed by atoms with Crippen molar-refractivity contribution in [3.05, 3.63) is 39.5 Å². The van der Waals surface area contributed by atoms with Gasteiger partial charge in [-0.25, -0.2) is 0 Å². The predicted molar refractivity (Wildman–Crippen MR) is 49.5 cm³/mol. The Morgan fingerprint density at radius 1 is 0.500 bits per heavy atom. The smallest absolute Gasteiger partial charge is 0 e. The molecule has 0 heterocycles. The van der Waals surface area contributed by atoms with Crippen molar-refractivity contribution in [2.75, 3.05) is 0 Å². The van der Waals surface area contributed by atoms with Gasteiger partial charge in [0.25, 0.3) is 0 Å². The van der Waals surface area contributed by atoms with Gasteiger partial charge in [-0.15, -0.1) is 39.5 Å².